The minimum atomic E-state index is -3.50. The molecule has 2 aromatic heterocycles. The number of carbonyl (C=O) groups excluding carboxylic acids is 1. The Bertz CT molecular complexity index is 1090. The average molecular weight is 383 g/mol. The van der Waals surface area contributed by atoms with E-state index >= 15 is 0 Å². The summed E-state index contributed by atoms with van der Waals surface area (Å²) in [6, 6.07) is 7.66. The second-order valence-electron chi connectivity index (χ2n) is 6.10. The largest absolute Gasteiger partial charge is 0.382 e. The summed E-state index contributed by atoms with van der Waals surface area (Å²) in [6.07, 6.45) is 5.06. The molecule has 0 spiro atoms. The van der Waals surface area contributed by atoms with Gasteiger partial charge in [-0.05, 0) is 12.5 Å². The van der Waals surface area contributed by atoms with Crippen molar-refractivity contribution < 1.29 is 13.2 Å². The van der Waals surface area contributed by atoms with Crippen molar-refractivity contribution in [3.8, 4) is 11.3 Å². The minimum absolute atomic E-state index is 0.0320. The van der Waals surface area contributed by atoms with Gasteiger partial charge in [-0.3, -0.25) is 4.79 Å². The summed E-state index contributed by atoms with van der Waals surface area (Å²) in [5, 5.41) is -0.292. The number of anilines is 1. The second kappa shape index (κ2) is 7.20. The molecular formula is C18H17N5O3S. The van der Waals surface area contributed by atoms with E-state index < -0.39 is 9.84 Å². The summed E-state index contributed by atoms with van der Waals surface area (Å²) in [4.78, 5) is 28.6. The van der Waals surface area contributed by atoms with Crippen molar-refractivity contribution in [3.63, 3.8) is 0 Å². The standard InChI is InChI=1S/C18H17N5O3S/c1-11-3-5-13(6-4-11)14-10-20-17(19)16(23-14)15(24)7-12-8-21-18(22-9-12)27(2,25)26/h3-6,8-10H,7H2,1-2H3,(H2,19,20). The van der Waals surface area contributed by atoms with Crippen molar-refractivity contribution in [2.45, 2.75) is 18.5 Å². The summed E-state index contributed by atoms with van der Waals surface area (Å²) in [5.74, 6) is -0.325. The third-order valence-electron chi connectivity index (χ3n) is 3.79. The molecule has 0 saturated heterocycles. The second-order valence-corrected chi connectivity index (χ2v) is 8.01. The first-order valence-electron chi connectivity index (χ1n) is 7.98. The number of nitrogens with two attached hydrogens (primary N) is 1. The van der Waals surface area contributed by atoms with Crippen LogP contribution >= 0.6 is 0 Å². The molecule has 0 aliphatic carbocycles. The fraction of sp³-hybridized carbons (Fsp3) is 0.167. The monoisotopic (exact) mass is 383 g/mol. The maximum absolute atomic E-state index is 12.6. The quantitative estimate of drug-likeness (QED) is 0.520. The van der Waals surface area contributed by atoms with E-state index in [1.165, 1.54) is 18.6 Å². The van der Waals surface area contributed by atoms with Crippen LogP contribution in [0.4, 0.5) is 5.82 Å². The maximum Gasteiger partial charge on any atom is 0.246 e. The van der Waals surface area contributed by atoms with Crippen LogP contribution in [0.2, 0.25) is 0 Å². The van der Waals surface area contributed by atoms with Gasteiger partial charge in [0.25, 0.3) is 0 Å². The summed E-state index contributed by atoms with van der Waals surface area (Å²) >= 11 is 0. The van der Waals surface area contributed by atoms with Gasteiger partial charge < -0.3 is 5.73 Å². The first-order valence-corrected chi connectivity index (χ1v) is 9.87. The van der Waals surface area contributed by atoms with Gasteiger partial charge in [0.1, 0.15) is 5.69 Å². The summed E-state index contributed by atoms with van der Waals surface area (Å²) in [6.45, 7) is 1.98. The van der Waals surface area contributed by atoms with Gasteiger partial charge in [0.15, 0.2) is 11.6 Å². The van der Waals surface area contributed by atoms with Crippen molar-refractivity contribution in [2.24, 2.45) is 0 Å². The van der Waals surface area contributed by atoms with Crippen LogP contribution in [0.5, 0.6) is 0 Å². The third kappa shape index (κ3) is 4.32. The number of sulfone groups is 1. The van der Waals surface area contributed by atoms with Crippen LogP contribution in [0.1, 0.15) is 21.6 Å². The molecule has 0 unspecified atom stereocenters. The molecule has 2 N–H and O–H groups in total. The molecule has 27 heavy (non-hydrogen) atoms. The molecule has 0 amide bonds. The number of ketones is 1. The van der Waals surface area contributed by atoms with Crippen molar-refractivity contribution in [1.29, 1.82) is 0 Å². The molecule has 0 aliphatic heterocycles. The highest BCUT2D eigenvalue weighted by atomic mass is 32.2. The zero-order chi connectivity index (χ0) is 19.6. The van der Waals surface area contributed by atoms with E-state index in [2.05, 4.69) is 19.9 Å². The molecule has 9 heteroatoms. The molecule has 0 atom stereocenters. The topological polar surface area (TPSA) is 129 Å². The molecule has 2 heterocycles. The number of hydrogen-bond acceptors (Lipinski definition) is 8. The average Bonchev–Trinajstić information content (AvgIpc) is 2.62. The van der Waals surface area contributed by atoms with Gasteiger partial charge in [-0.25, -0.2) is 28.4 Å². The van der Waals surface area contributed by atoms with E-state index in [9.17, 15) is 13.2 Å². The Morgan fingerprint density at radius 3 is 2.26 bits per heavy atom. The van der Waals surface area contributed by atoms with E-state index in [1.807, 2.05) is 31.2 Å². The highest BCUT2D eigenvalue weighted by molar-refractivity contribution is 7.90. The fourth-order valence-electron chi connectivity index (χ4n) is 2.36. The molecule has 3 rings (SSSR count). The van der Waals surface area contributed by atoms with Crippen molar-refractivity contribution in [3.05, 3.63) is 59.7 Å². The Morgan fingerprint density at radius 1 is 1.04 bits per heavy atom. The molecule has 138 valence electrons. The molecular weight excluding hydrogens is 366 g/mol. The normalized spacial score (nSPS) is 11.3. The number of benzene rings is 1. The highest BCUT2D eigenvalue weighted by Gasteiger charge is 2.17. The number of carbonyl (C=O) groups is 1. The number of rotatable bonds is 5. The molecule has 1 aromatic carbocycles. The Kier molecular flexibility index (Phi) is 4.95. The predicted octanol–water partition coefficient (Wildman–Crippen LogP) is 1.65. The number of nitrogen functional groups attached to an aromatic ring is 1. The lowest BCUT2D eigenvalue weighted by Gasteiger charge is -2.07. The van der Waals surface area contributed by atoms with Gasteiger partial charge in [-0.2, -0.15) is 0 Å². The number of aromatic nitrogens is 4. The van der Waals surface area contributed by atoms with Crippen LogP contribution in [0.3, 0.4) is 0 Å². The Labute approximate surface area is 156 Å². The van der Waals surface area contributed by atoms with E-state index in [1.54, 1.807) is 0 Å². The smallest absolute Gasteiger partial charge is 0.246 e. The number of aryl methyl sites for hydroxylation is 1. The van der Waals surface area contributed by atoms with Crippen LogP contribution in [0.15, 0.2) is 48.0 Å². The number of hydrogen-bond donors (Lipinski definition) is 1. The third-order valence-corrected chi connectivity index (χ3v) is 4.66. The van der Waals surface area contributed by atoms with Gasteiger partial charge in [-0.1, -0.05) is 29.8 Å². The van der Waals surface area contributed by atoms with Gasteiger partial charge in [0, 0.05) is 30.6 Å². The van der Waals surface area contributed by atoms with Gasteiger partial charge >= 0.3 is 0 Å². The molecule has 3 aromatic rings. The van der Waals surface area contributed by atoms with Crippen LogP contribution in [0, 0.1) is 6.92 Å². The summed E-state index contributed by atoms with van der Waals surface area (Å²) in [5.41, 5.74) is 8.80. The highest BCUT2D eigenvalue weighted by Crippen LogP contribution is 2.20. The van der Waals surface area contributed by atoms with Crippen molar-refractivity contribution >= 4 is 21.4 Å². The SMILES string of the molecule is Cc1ccc(-c2cnc(N)c(C(=O)Cc3cnc(S(C)(=O)=O)nc3)n2)cc1. The lowest BCUT2D eigenvalue weighted by Crippen LogP contribution is -2.12. The number of nitrogens with zero attached hydrogens (tertiary/aromatic N) is 4. The lowest BCUT2D eigenvalue weighted by atomic mass is 10.1. The molecule has 0 radical (unpaired) electrons. The van der Waals surface area contributed by atoms with E-state index in [-0.39, 0.29) is 28.9 Å². The Morgan fingerprint density at radius 2 is 1.67 bits per heavy atom. The molecule has 0 aliphatic rings. The van der Waals surface area contributed by atoms with Gasteiger partial charge in [0.05, 0.1) is 11.9 Å². The molecule has 0 fully saturated rings. The summed E-state index contributed by atoms with van der Waals surface area (Å²) < 4.78 is 22.8. The molecule has 0 saturated carbocycles. The lowest BCUT2D eigenvalue weighted by molar-refractivity contribution is 0.0988. The van der Waals surface area contributed by atoms with E-state index in [0.29, 0.717) is 11.3 Å². The van der Waals surface area contributed by atoms with Crippen molar-refractivity contribution in [2.75, 3.05) is 12.0 Å². The first kappa shape index (κ1) is 18.6. The van der Waals surface area contributed by atoms with Crippen LogP contribution in [0.25, 0.3) is 11.3 Å². The van der Waals surface area contributed by atoms with E-state index in [0.717, 1.165) is 17.4 Å². The molecule has 8 nitrogen and oxygen atoms in total. The minimum Gasteiger partial charge on any atom is -0.382 e. The predicted molar refractivity (Wildman–Crippen MR) is 99.8 cm³/mol. The van der Waals surface area contributed by atoms with Gasteiger partial charge in [0.2, 0.25) is 15.0 Å². The summed E-state index contributed by atoms with van der Waals surface area (Å²) in [7, 11) is -3.50. The number of Topliss-reactive ketones (excluding diaryl/α,β-unsaturated/α-hetero) is 1. The Hall–Kier alpha value is -3.20. The van der Waals surface area contributed by atoms with Gasteiger partial charge in [-0.15, -0.1) is 0 Å². The van der Waals surface area contributed by atoms with E-state index in [4.69, 9.17) is 5.73 Å². The molecule has 0 bridgehead atoms. The van der Waals surface area contributed by atoms with Crippen LogP contribution in [-0.2, 0) is 16.3 Å². The maximum atomic E-state index is 12.6. The zero-order valence-electron chi connectivity index (χ0n) is 14.7. The Balaban J connectivity index is 1.86. The first-order chi connectivity index (χ1) is 12.7. The van der Waals surface area contributed by atoms with Crippen molar-refractivity contribution in [1.82, 2.24) is 19.9 Å². The van der Waals surface area contributed by atoms with Crippen LogP contribution in [-0.4, -0.2) is 40.4 Å². The van der Waals surface area contributed by atoms with Crippen LogP contribution < -0.4 is 5.73 Å². The fourth-order valence-corrected chi connectivity index (χ4v) is 2.85. The zero-order valence-corrected chi connectivity index (χ0v) is 15.6.